The topological polar surface area (TPSA) is 138 Å². The summed E-state index contributed by atoms with van der Waals surface area (Å²) in [4.78, 5) is 34.3. The third-order valence-corrected chi connectivity index (χ3v) is 5.19. The molecule has 0 radical (unpaired) electrons. The van der Waals surface area contributed by atoms with Gasteiger partial charge in [-0.05, 0) is 12.1 Å². The number of benzene rings is 2. The lowest BCUT2D eigenvalue weighted by Gasteiger charge is -2.30. The number of fused-ring (bicyclic) bond motifs is 1. The van der Waals surface area contributed by atoms with Crippen molar-refractivity contribution < 1.29 is 28.9 Å². The van der Waals surface area contributed by atoms with E-state index in [1.807, 2.05) is 0 Å². The molecule has 2 atom stereocenters. The van der Waals surface area contributed by atoms with Gasteiger partial charge in [-0.1, -0.05) is 12.1 Å². The highest BCUT2D eigenvalue weighted by Gasteiger charge is 2.63. The summed E-state index contributed by atoms with van der Waals surface area (Å²) in [6.07, 6.45) is 0. The van der Waals surface area contributed by atoms with Crippen molar-refractivity contribution in [3.8, 4) is 11.5 Å². The molecular formula is C21H20N4O6. The van der Waals surface area contributed by atoms with E-state index in [0.717, 1.165) is 12.0 Å². The number of imidazole rings is 1. The zero-order chi connectivity index (χ0) is 22.3. The minimum atomic E-state index is -2.77. The van der Waals surface area contributed by atoms with Crippen molar-refractivity contribution in [2.75, 3.05) is 26.2 Å². The second-order valence-corrected chi connectivity index (χ2v) is 6.89. The number of ketones is 1. The summed E-state index contributed by atoms with van der Waals surface area (Å²) in [5, 5.41) is 20.0. The summed E-state index contributed by atoms with van der Waals surface area (Å²) < 4.78 is 15.2. The van der Waals surface area contributed by atoms with E-state index < -0.39 is 23.4 Å². The van der Waals surface area contributed by atoms with Crippen molar-refractivity contribution in [3.63, 3.8) is 0 Å². The maximum atomic E-state index is 13.4. The molecular weight excluding hydrogens is 404 g/mol. The molecule has 10 heteroatoms. The number of anilines is 1. The van der Waals surface area contributed by atoms with Gasteiger partial charge in [0, 0.05) is 18.2 Å². The van der Waals surface area contributed by atoms with Crippen molar-refractivity contribution in [1.82, 2.24) is 9.97 Å². The number of aliphatic hydroxyl groups is 1. The van der Waals surface area contributed by atoms with E-state index in [9.17, 15) is 14.7 Å². The van der Waals surface area contributed by atoms with Gasteiger partial charge < -0.3 is 24.3 Å². The number of Topliss-reactive ketones (excluding diaryl/α,β-unsaturated/α-hetero) is 1. The third-order valence-electron chi connectivity index (χ3n) is 5.19. The van der Waals surface area contributed by atoms with Gasteiger partial charge >= 0.3 is 11.7 Å². The van der Waals surface area contributed by atoms with Crippen molar-refractivity contribution in [2.24, 2.45) is 0 Å². The Labute approximate surface area is 176 Å². The molecule has 10 nitrogen and oxygen atoms in total. The number of esters is 1. The molecule has 3 aromatic rings. The molecule has 0 spiro atoms. The van der Waals surface area contributed by atoms with Gasteiger partial charge in [0.05, 0.1) is 38.1 Å². The van der Waals surface area contributed by atoms with Crippen LogP contribution in [0.3, 0.4) is 0 Å². The van der Waals surface area contributed by atoms with Crippen LogP contribution in [0.4, 0.5) is 5.69 Å². The molecule has 3 N–H and O–H groups in total. The van der Waals surface area contributed by atoms with Crippen LogP contribution in [0.5, 0.6) is 11.5 Å². The van der Waals surface area contributed by atoms with Gasteiger partial charge in [0.15, 0.2) is 0 Å². The first-order valence-corrected chi connectivity index (χ1v) is 9.26. The van der Waals surface area contributed by atoms with E-state index in [1.54, 1.807) is 30.3 Å². The first kappa shape index (κ1) is 20.4. The lowest BCUT2D eigenvalue weighted by molar-refractivity contribution is -0.165. The number of amidine groups is 1. The van der Waals surface area contributed by atoms with Crippen LogP contribution < -0.4 is 14.4 Å². The number of hydrogen-bond donors (Lipinski definition) is 3. The van der Waals surface area contributed by atoms with Gasteiger partial charge in [-0.15, -0.1) is 0 Å². The van der Waals surface area contributed by atoms with Crippen molar-refractivity contribution in [1.29, 1.82) is 5.41 Å². The molecule has 1 aliphatic rings. The fourth-order valence-electron chi connectivity index (χ4n) is 3.68. The van der Waals surface area contributed by atoms with Crippen LogP contribution >= 0.6 is 0 Å². The molecule has 2 aromatic carbocycles. The molecule has 1 aromatic heterocycles. The van der Waals surface area contributed by atoms with Crippen LogP contribution in [-0.4, -0.2) is 59.7 Å². The van der Waals surface area contributed by atoms with Crippen LogP contribution in [0.2, 0.25) is 0 Å². The Kier molecular flexibility index (Phi) is 4.86. The number of ether oxygens (including phenoxy) is 3. The minimum absolute atomic E-state index is 0.135. The summed E-state index contributed by atoms with van der Waals surface area (Å²) in [6.45, 7) is 0. The van der Waals surface area contributed by atoms with E-state index in [4.69, 9.17) is 19.6 Å². The third kappa shape index (κ3) is 2.99. The largest absolute Gasteiger partial charge is 0.497 e. The zero-order valence-corrected chi connectivity index (χ0v) is 17.0. The normalized spacial score (nSPS) is 20.9. The monoisotopic (exact) mass is 424 g/mol. The summed E-state index contributed by atoms with van der Waals surface area (Å²) in [5.74, 6) is -3.03. The maximum Gasteiger partial charge on any atom is 0.368 e. The van der Waals surface area contributed by atoms with Crippen LogP contribution in [0.25, 0.3) is 11.0 Å². The van der Waals surface area contributed by atoms with Gasteiger partial charge in [0.25, 0.3) is 0 Å². The van der Waals surface area contributed by atoms with Gasteiger partial charge in [-0.2, -0.15) is 0 Å². The van der Waals surface area contributed by atoms with Crippen LogP contribution in [0, 0.1) is 5.41 Å². The second-order valence-electron chi connectivity index (χ2n) is 6.89. The van der Waals surface area contributed by atoms with Gasteiger partial charge in [0.1, 0.15) is 29.1 Å². The summed E-state index contributed by atoms with van der Waals surface area (Å²) in [7, 11) is 3.92. The zero-order valence-electron chi connectivity index (χ0n) is 17.0. The maximum absolute atomic E-state index is 13.4. The number of carbonyl (C=O) groups is 2. The number of nitrogens with zero attached hydrogens (tertiary/aromatic N) is 2. The number of methoxy groups -OCH3 is 3. The Morgan fingerprint density at radius 1 is 1.16 bits per heavy atom. The Bertz CT molecular complexity index is 1150. The first-order chi connectivity index (χ1) is 14.8. The molecule has 0 amide bonds. The number of rotatable bonds is 5. The van der Waals surface area contributed by atoms with Crippen molar-refractivity contribution in [2.45, 2.75) is 11.6 Å². The van der Waals surface area contributed by atoms with Crippen LogP contribution in [0.1, 0.15) is 11.7 Å². The van der Waals surface area contributed by atoms with Gasteiger partial charge in [-0.25, -0.2) is 9.78 Å². The summed E-state index contributed by atoms with van der Waals surface area (Å²) in [5.41, 5.74) is -1.39. The summed E-state index contributed by atoms with van der Waals surface area (Å²) >= 11 is 0. The highest BCUT2D eigenvalue weighted by atomic mass is 16.5. The minimum Gasteiger partial charge on any atom is -0.497 e. The molecule has 31 heavy (non-hydrogen) atoms. The van der Waals surface area contributed by atoms with Crippen molar-refractivity contribution >= 4 is 34.3 Å². The molecule has 2 heterocycles. The quantitative estimate of drug-likeness (QED) is 0.415. The fraction of sp³-hybridized carbons (Fsp3) is 0.238. The molecule has 1 saturated heterocycles. The Hall–Kier alpha value is -3.92. The number of H-pyrrole nitrogens is 1. The number of para-hydroxylation sites is 2. The van der Waals surface area contributed by atoms with Crippen LogP contribution in [-0.2, 0) is 14.3 Å². The smallest absolute Gasteiger partial charge is 0.368 e. The van der Waals surface area contributed by atoms with E-state index in [0.29, 0.717) is 22.5 Å². The molecule has 0 saturated carbocycles. The van der Waals surface area contributed by atoms with E-state index >= 15 is 0 Å². The van der Waals surface area contributed by atoms with Gasteiger partial charge in [0.2, 0.25) is 5.78 Å². The highest BCUT2D eigenvalue weighted by molar-refractivity contribution is 6.32. The molecule has 0 bridgehead atoms. The molecule has 160 valence electrons. The number of aromatic amines is 1. The van der Waals surface area contributed by atoms with Crippen LogP contribution in [0.15, 0.2) is 42.5 Å². The Morgan fingerprint density at radius 3 is 2.39 bits per heavy atom. The second kappa shape index (κ2) is 7.40. The number of carbonyl (C=O) groups excluding carboxylic acids is 2. The number of aromatic nitrogens is 2. The lowest BCUT2D eigenvalue weighted by Crippen LogP contribution is -2.56. The standard InChI is InChI=1S/C21H20N4O6/c1-29-12-8-11(9-13(10-12)30-2)25-18(22)16(17(26)21(25,28)20(27)31-3)19-23-14-6-4-5-7-15(14)24-19/h4-10,16,22,28H,1-3H3,(H,23,24). The van der Waals surface area contributed by atoms with E-state index in [2.05, 4.69) is 9.97 Å². The molecule has 2 unspecified atom stereocenters. The Morgan fingerprint density at radius 2 is 1.81 bits per heavy atom. The van der Waals surface area contributed by atoms with Crippen molar-refractivity contribution in [3.05, 3.63) is 48.3 Å². The predicted octanol–water partition coefficient (Wildman–Crippen LogP) is 1.59. The summed E-state index contributed by atoms with van der Waals surface area (Å²) in [6, 6.07) is 11.6. The molecule has 0 aliphatic carbocycles. The van der Waals surface area contributed by atoms with E-state index in [1.165, 1.54) is 26.4 Å². The average Bonchev–Trinajstić information content (AvgIpc) is 3.29. The molecule has 4 rings (SSSR count). The average molecular weight is 424 g/mol. The predicted molar refractivity (Wildman–Crippen MR) is 111 cm³/mol. The number of nitrogens with one attached hydrogen (secondary N) is 2. The lowest BCUT2D eigenvalue weighted by atomic mass is 10.00. The first-order valence-electron chi connectivity index (χ1n) is 9.26. The van der Waals surface area contributed by atoms with Gasteiger partial charge in [-0.3, -0.25) is 15.1 Å². The van der Waals surface area contributed by atoms with E-state index in [-0.39, 0.29) is 17.3 Å². The molecule has 1 fully saturated rings. The fourth-order valence-corrected chi connectivity index (χ4v) is 3.68. The number of hydrogen-bond acceptors (Lipinski definition) is 8. The highest BCUT2D eigenvalue weighted by Crippen LogP contribution is 2.41. The Balaban J connectivity index is 1.90. The molecule has 1 aliphatic heterocycles. The SMILES string of the molecule is COC(=O)C1(O)C(=O)C(c2nc3ccccc3[nH]2)C(=N)N1c1cc(OC)cc(OC)c1.